The number of benzene rings is 1. The first-order chi connectivity index (χ1) is 16.2. The summed E-state index contributed by atoms with van der Waals surface area (Å²) in [7, 11) is 1.49. The molecule has 0 saturated heterocycles. The maximum absolute atomic E-state index is 12.4. The first kappa shape index (κ1) is 27.7. The van der Waals surface area contributed by atoms with Gasteiger partial charge in [-0.05, 0) is 57.2 Å². The van der Waals surface area contributed by atoms with E-state index < -0.39 is 16.3 Å². The summed E-state index contributed by atoms with van der Waals surface area (Å²) in [5.74, 6) is -0.624. The van der Waals surface area contributed by atoms with E-state index in [4.69, 9.17) is 0 Å². The molecule has 2 aromatic rings. The molecule has 1 heterocycles. The van der Waals surface area contributed by atoms with Gasteiger partial charge in [0.2, 0.25) is 5.82 Å². The zero-order chi connectivity index (χ0) is 25.1. The fourth-order valence-corrected chi connectivity index (χ4v) is 4.54. The number of nitrogens with one attached hydrogen (secondary N) is 1. The van der Waals surface area contributed by atoms with Crippen molar-refractivity contribution < 1.29 is 9.90 Å². The van der Waals surface area contributed by atoms with Crippen molar-refractivity contribution in [2.45, 2.75) is 88.3 Å². The fraction of sp³-hybridized carbons (Fsp3) is 0.600. The lowest BCUT2D eigenvalue weighted by molar-refractivity contribution is -0.138. The number of rotatable bonds is 15. The Kier molecular flexibility index (Phi) is 10.9. The van der Waals surface area contributed by atoms with E-state index in [0.29, 0.717) is 13.1 Å². The highest BCUT2D eigenvalue weighted by atomic mass is 32.2. The standard InChI is InChI=1S/C25H38N4O4S/c1-5-6-7-8-11-17-29-24(33)28(4)22(30)21(27-29)26-16-10-9-13-19-14-12-15-20(18-19)34-25(2,3)23(31)32/h12,14-15,18H,5-11,13,16-17H2,1-4H3,(H,26,27)(H,31,32). The molecule has 1 aromatic carbocycles. The number of unbranched alkanes of at least 4 members (excludes halogenated alkanes) is 5. The molecule has 0 amide bonds. The summed E-state index contributed by atoms with van der Waals surface area (Å²) in [6.07, 6.45) is 7.99. The van der Waals surface area contributed by atoms with Crippen LogP contribution in [0.4, 0.5) is 5.82 Å². The van der Waals surface area contributed by atoms with Gasteiger partial charge in [0.15, 0.2) is 0 Å². The Bertz CT molecular complexity index is 1060. The van der Waals surface area contributed by atoms with Crippen LogP contribution in [0.2, 0.25) is 0 Å². The van der Waals surface area contributed by atoms with Gasteiger partial charge in [0.1, 0.15) is 4.75 Å². The van der Waals surface area contributed by atoms with E-state index in [0.717, 1.165) is 53.6 Å². The second kappa shape index (κ2) is 13.4. The lowest BCUT2D eigenvalue weighted by Crippen LogP contribution is -2.41. The highest BCUT2D eigenvalue weighted by Gasteiger charge is 2.28. The Hall–Kier alpha value is -2.55. The quantitative estimate of drug-likeness (QED) is 0.283. The molecule has 0 unspecified atom stereocenters. The van der Waals surface area contributed by atoms with Crippen LogP contribution in [0.15, 0.2) is 38.8 Å². The molecule has 188 valence electrons. The van der Waals surface area contributed by atoms with Crippen LogP contribution in [-0.4, -0.2) is 36.7 Å². The van der Waals surface area contributed by atoms with Crippen LogP contribution >= 0.6 is 11.8 Å². The highest BCUT2D eigenvalue weighted by molar-refractivity contribution is 8.01. The minimum absolute atomic E-state index is 0.213. The van der Waals surface area contributed by atoms with Crippen LogP contribution in [-0.2, 0) is 24.8 Å². The molecule has 0 aliphatic heterocycles. The number of anilines is 1. The SMILES string of the molecule is CCCCCCCn1nc(NCCCCc2cccc(SC(C)(C)C(=O)O)c2)c(=O)n(C)c1=O. The number of carbonyl (C=O) groups is 1. The maximum atomic E-state index is 12.4. The molecule has 0 radical (unpaired) electrons. The van der Waals surface area contributed by atoms with Gasteiger partial charge in [0.25, 0.3) is 5.56 Å². The fourth-order valence-electron chi connectivity index (χ4n) is 3.51. The van der Waals surface area contributed by atoms with E-state index in [1.807, 2.05) is 24.3 Å². The smallest absolute Gasteiger partial charge is 0.347 e. The van der Waals surface area contributed by atoms with E-state index in [1.54, 1.807) is 13.8 Å². The Morgan fingerprint density at radius 2 is 1.85 bits per heavy atom. The number of hydrogen-bond acceptors (Lipinski definition) is 6. The molecule has 0 bridgehead atoms. The predicted molar refractivity (Wildman–Crippen MR) is 138 cm³/mol. The number of hydrogen-bond donors (Lipinski definition) is 2. The van der Waals surface area contributed by atoms with Gasteiger partial charge in [-0.15, -0.1) is 16.9 Å². The zero-order valence-electron chi connectivity index (χ0n) is 20.8. The van der Waals surface area contributed by atoms with Crippen LogP contribution in [0.3, 0.4) is 0 Å². The van der Waals surface area contributed by atoms with Crippen molar-refractivity contribution in [2.24, 2.45) is 7.05 Å². The van der Waals surface area contributed by atoms with Crippen LogP contribution < -0.4 is 16.6 Å². The molecular weight excluding hydrogens is 452 g/mol. The summed E-state index contributed by atoms with van der Waals surface area (Å²) in [5.41, 5.74) is 0.365. The Morgan fingerprint density at radius 3 is 2.56 bits per heavy atom. The summed E-state index contributed by atoms with van der Waals surface area (Å²) in [5, 5.41) is 16.7. The largest absolute Gasteiger partial charge is 0.480 e. The van der Waals surface area contributed by atoms with Crippen molar-refractivity contribution in [3.05, 3.63) is 50.7 Å². The van der Waals surface area contributed by atoms with Crippen molar-refractivity contribution >= 4 is 23.5 Å². The lowest BCUT2D eigenvalue weighted by atomic mass is 10.1. The van der Waals surface area contributed by atoms with Gasteiger partial charge in [0.05, 0.1) is 0 Å². The molecular formula is C25H38N4O4S. The summed E-state index contributed by atoms with van der Waals surface area (Å²) in [4.78, 5) is 37.1. The molecule has 0 aliphatic rings. The third kappa shape index (κ3) is 8.34. The van der Waals surface area contributed by atoms with Gasteiger partial charge in [-0.2, -0.15) is 0 Å². The molecule has 0 atom stereocenters. The average molecular weight is 491 g/mol. The zero-order valence-corrected chi connectivity index (χ0v) is 21.6. The molecule has 9 heteroatoms. The normalized spacial score (nSPS) is 11.5. The molecule has 34 heavy (non-hydrogen) atoms. The van der Waals surface area contributed by atoms with Gasteiger partial charge >= 0.3 is 11.7 Å². The first-order valence-corrected chi connectivity index (χ1v) is 12.9. The number of thioether (sulfide) groups is 1. The number of carboxylic acid groups (broad SMARTS) is 1. The van der Waals surface area contributed by atoms with Gasteiger partial charge in [-0.1, -0.05) is 44.7 Å². The van der Waals surface area contributed by atoms with E-state index in [-0.39, 0.29) is 11.5 Å². The minimum Gasteiger partial charge on any atom is -0.480 e. The molecule has 0 spiro atoms. The van der Waals surface area contributed by atoms with Gasteiger partial charge in [-0.25, -0.2) is 9.48 Å². The number of aromatic nitrogens is 3. The molecule has 0 fully saturated rings. The second-order valence-corrected chi connectivity index (χ2v) is 10.8. The van der Waals surface area contributed by atoms with E-state index >= 15 is 0 Å². The Labute approximate surface area is 205 Å². The number of carboxylic acids is 1. The molecule has 0 saturated carbocycles. The van der Waals surface area contributed by atoms with Crippen molar-refractivity contribution in [1.82, 2.24) is 14.3 Å². The van der Waals surface area contributed by atoms with Crippen molar-refractivity contribution in [1.29, 1.82) is 0 Å². The van der Waals surface area contributed by atoms with Crippen LogP contribution in [0.1, 0.15) is 71.3 Å². The summed E-state index contributed by atoms with van der Waals surface area (Å²) in [6.45, 7) is 6.66. The van der Waals surface area contributed by atoms with Crippen LogP contribution in [0.25, 0.3) is 0 Å². The third-order valence-corrected chi connectivity index (χ3v) is 6.85. The molecule has 2 N–H and O–H groups in total. The number of aliphatic carboxylic acids is 1. The highest BCUT2D eigenvalue weighted by Crippen LogP contribution is 2.33. The Balaban J connectivity index is 1.87. The molecule has 2 rings (SSSR count). The van der Waals surface area contributed by atoms with E-state index in [2.05, 4.69) is 17.3 Å². The Morgan fingerprint density at radius 1 is 1.12 bits per heavy atom. The van der Waals surface area contributed by atoms with Gasteiger partial charge in [0, 0.05) is 25.0 Å². The number of aryl methyl sites for hydroxylation is 2. The summed E-state index contributed by atoms with van der Waals surface area (Å²) < 4.78 is 1.62. The minimum atomic E-state index is -0.881. The third-order valence-electron chi connectivity index (χ3n) is 5.68. The maximum Gasteiger partial charge on any atom is 0.347 e. The van der Waals surface area contributed by atoms with Gasteiger partial charge < -0.3 is 10.4 Å². The summed E-state index contributed by atoms with van der Waals surface area (Å²) in [6, 6.07) is 7.96. The summed E-state index contributed by atoms with van der Waals surface area (Å²) >= 11 is 1.34. The topological polar surface area (TPSA) is 106 Å². The van der Waals surface area contributed by atoms with E-state index in [1.165, 1.54) is 36.3 Å². The van der Waals surface area contributed by atoms with Crippen LogP contribution in [0, 0.1) is 0 Å². The average Bonchev–Trinajstić information content (AvgIpc) is 2.79. The van der Waals surface area contributed by atoms with Crippen molar-refractivity contribution in [3.8, 4) is 0 Å². The first-order valence-electron chi connectivity index (χ1n) is 12.1. The van der Waals surface area contributed by atoms with Crippen LogP contribution in [0.5, 0.6) is 0 Å². The lowest BCUT2D eigenvalue weighted by Gasteiger charge is -2.18. The predicted octanol–water partition coefficient (Wildman–Crippen LogP) is 4.30. The second-order valence-electron chi connectivity index (χ2n) is 9.08. The van der Waals surface area contributed by atoms with Crippen molar-refractivity contribution in [2.75, 3.05) is 11.9 Å². The van der Waals surface area contributed by atoms with E-state index in [9.17, 15) is 19.5 Å². The molecule has 0 aliphatic carbocycles. The van der Waals surface area contributed by atoms with Gasteiger partial charge in [-0.3, -0.25) is 14.2 Å². The monoisotopic (exact) mass is 490 g/mol. The molecule has 8 nitrogen and oxygen atoms in total. The van der Waals surface area contributed by atoms with Crippen molar-refractivity contribution in [3.63, 3.8) is 0 Å². The number of nitrogens with zero attached hydrogens (tertiary/aromatic N) is 3. The molecule has 1 aromatic heterocycles.